The largest absolute Gasteiger partial charge is 0.328 e. The first-order valence-corrected chi connectivity index (χ1v) is 4.93. The fourth-order valence-electron chi connectivity index (χ4n) is 0.425. The maximum atomic E-state index is 5.63. The van der Waals surface area contributed by atoms with Crippen molar-refractivity contribution >= 4 is 48.8 Å². The summed E-state index contributed by atoms with van der Waals surface area (Å²) in [5.41, 5.74) is 5.63. The van der Waals surface area contributed by atoms with Crippen LogP contribution in [0, 0.1) is 0 Å². The highest BCUT2D eigenvalue weighted by Gasteiger charge is 1.97. The zero-order valence-corrected chi connectivity index (χ0v) is 10.0. The summed E-state index contributed by atoms with van der Waals surface area (Å²) in [6, 6.07) is 0.369. The molecule has 0 saturated carbocycles. The van der Waals surface area contributed by atoms with Crippen molar-refractivity contribution in [3.05, 3.63) is 0 Å². The lowest BCUT2D eigenvalue weighted by Gasteiger charge is -2.04. The molecule has 0 aliphatic rings. The fraction of sp³-hybridized carbons (Fsp3) is 1.00. The topological polar surface area (TPSA) is 26.0 Å². The van der Waals surface area contributed by atoms with E-state index < -0.39 is 0 Å². The van der Waals surface area contributed by atoms with E-state index in [9.17, 15) is 0 Å². The van der Waals surface area contributed by atoms with Crippen molar-refractivity contribution in [2.24, 2.45) is 5.73 Å². The third-order valence-corrected chi connectivity index (χ3v) is 1.88. The van der Waals surface area contributed by atoms with Gasteiger partial charge in [-0.1, -0.05) is 31.9 Å². The monoisotopic (exact) mass is 323 g/mol. The Bertz CT molecular complexity index is 45.5. The third-order valence-electron chi connectivity index (χ3n) is 0.960. The van der Waals surface area contributed by atoms with E-state index in [1.165, 1.54) is 0 Å². The van der Waals surface area contributed by atoms with Crippen molar-refractivity contribution in [1.29, 1.82) is 0 Å². The molecule has 58 valence electrons. The standard InChI is InChI=1S/C5H11Br2N.BrH/c6-3-1-5(8)2-4-7;/h5H,1-4,8H2;1H. The van der Waals surface area contributed by atoms with Gasteiger partial charge in [0.2, 0.25) is 0 Å². The second kappa shape index (κ2) is 9.40. The molecule has 0 atom stereocenters. The van der Waals surface area contributed by atoms with E-state index in [0.717, 1.165) is 23.5 Å². The predicted molar refractivity (Wildman–Crippen MR) is 55.1 cm³/mol. The van der Waals surface area contributed by atoms with Crippen molar-refractivity contribution in [2.45, 2.75) is 18.9 Å². The molecule has 0 aromatic rings. The van der Waals surface area contributed by atoms with Crippen LogP contribution in [0.1, 0.15) is 12.8 Å². The number of alkyl halides is 2. The van der Waals surface area contributed by atoms with Gasteiger partial charge in [0.15, 0.2) is 0 Å². The van der Waals surface area contributed by atoms with Crippen molar-refractivity contribution in [1.82, 2.24) is 0 Å². The molecule has 0 aromatic heterocycles. The van der Waals surface area contributed by atoms with Gasteiger partial charge in [-0.25, -0.2) is 0 Å². The molecule has 1 nitrogen and oxygen atoms in total. The van der Waals surface area contributed by atoms with Gasteiger partial charge in [0.05, 0.1) is 0 Å². The quantitative estimate of drug-likeness (QED) is 0.790. The number of nitrogens with two attached hydrogens (primary N) is 1. The molecular weight excluding hydrogens is 314 g/mol. The molecule has 0 radical (unpaired) electrons. The number of rotatable bonds is 4. The molecule has 0 amide bonds. The summed E-state index contributed by atoms with van der Waals surface area (Å²) in [4.78, 5) is 0. The Balaban J connectivity index is 0. The fourth-order valence-corrected chi connectivity index (χ4v) is 1.60. The van der Waals surface area contributed by atoms with E-state index in [2.05, 4.69) is 31.9 Å². The number of hydrogen-bond donors (Lipinski definition) is 1. The van der Waals surface area contributed by atoms with Gasteiger partial charge in [0.25, 0.3) is 0 Å². The highest BCUT2D eigenvalue weighted by Crippen LogP contribution is 1.99. The van der Waals surface area contributed by atoms with Crippen LogP contribution in [0.5, 0.6) is 0 Å². The van der Waals surface area contributed by atoms with Gasteiger partial charge >= 0.3 is 0 Å². The van der Waals surface area contributed by atoms with Gasteiger partial charge < -0.3 is 5.73 Å². The highest BCUT2D eigenvalue weighted by atomic mass is 79.9. The van der Waals surface area contributed by atoms with E-state index in [4.69, 9.17) is 5.73 Å². The minimum atomic E-state index is 0. The lowest BCUT2D eigenvalue weighted by atomic mass is 10.2. The molecular formula is C5H12Br3N. The first-order chi connectivity index (χ1) is 3.81. The minimum absolute atomic E-state index is 0. The third kappa shape index (κ3) is 9.40. The van der Waals surface area contributed by atoms with E-state index in [1.54, 1.807) is 0 Å². The van der Waals surface area contributed by atoms with Gasteiger partial charge in [-0.05, 0) is 12.8 Å². The molecule has 0 fully saturated rings. The van der Waals surface area contributed by atoms with Gasteiger partial charge in [-0.2, -0.15) is 0 Å². The Morgan fingerprint density at radius 3 is 1.67 bits per heavy atom. The minimum Gasteiger partial charge on any atom is -0.328 e. The van der Waals surface area contributed by atoms with Crippen LogP contribution in [0.4, 0.5) is 0 Å². The second-order valence-corrected chi connectivity index (χ2v) is 3.30. The zero-order chi connectivity index (χ0) is 6.41. The van der Waals surface area contributed by atoms with Gasteiger partial charge in [0.1, 0.15) is 0 Å². The number of hydrogen-bond acceptors (Lipinski definition) is 1. The lowest BCUT2D eigenvalue weighted by Crippen LogP contribution is -2.20. The van der Waals surface area contributed by atoms with Crippen LogP contribution in [0.25, 0.3) is 0 Å². The Labute approximate surface area is 83.8 Å². The van der Waals surface area contributed by atoms with Crippen LogP contribution < -0.4 is 5.73 Å². The Morgan fingerprint density at radius 2 is 1.44 bits per heavy atom. The molecule has 0 spiro atoms. The summed E-state index contributed by atoms with van der Waals surface area (Å²) in [6.45, 7) is 0. The summed E-state index contributed by atoms with van der Waals surface area (Å²) < 4.78 is 0. The van der Waals surface area contributed by atoms with Crippen LogP contribution in [-0.4, -0.2) is 16.7 Å². The van der Waals surface area contributed by atoms with Crippen molar-refractivity contribution in [3.8, 4) is 0 Å². The Kier molecular flexibility index (Phi) is 13.6. The molecule has 0 rings (SSSR count). The molecule has 0 heterocycles. The average Bonchev–Trinajstić information content (AvgIpc) is 1.68. The van der Waals surface area contributed by atoms with Gasteiger partial charge in [-0.15, -0.1) is 17.0 Å². The molecule has 0 aliphatic carbocycles. The maximum absolute atomic E-state index is 5.63. The smallest absolute Gasteiger partial charge is 0.00547 e. The SMILES string of the molecule is Br.NC(CCBr)CCBr. The van der Waals surface area contributed by atoms with E-state index in [-0.39, 0.29) is 17.0 Å². The summed E-state index contributed by atoms with van der Waals surface area (Å²) in [5, 5.41) is 2.03. The van der Waals surface area contributed by atoms with Crippen LogP contribution in [0.15, 0.2) is 0 Å². The normalized spacial score (nSPS) is 9.33. The van der Waals surface area contributed by atoms with Crippen molar-refractivity contribution < 1.29 is 0 Å². The van der Waals surface area contributed by atoms with Crippen LogP contribution >= 0.6 is 48.8 Å². The molecule has 0 saturated heterocycles. The summed E-state index contributed by atoms with van der Waals surface area (Å²) >= 11 is 6.65. The Hall–Kier alpha value is 1.40. The molecule has 9 heavy (non-hydrogen) atoms. The first-order valence-electron chi connectivity index (χ1n) is 2.68. The molecule has 2 N–H and O–H groups in total. The van der Waals surface area contributed by atoms with E-state index in [0.29, 0.717) is 6.04 Å². The predicted octanol–water partition coefficient (Wildman–Crippen LogP) is 2.46. The molecule has 0 bridgehead atoms. The molecule has 0 aliphatic heterocycles. The average molecular weight is 326 g/mol. The van der Waals surface area contributed by atoms with Gasteiger partial charge in [-0.3, -0.25) is 0 Å². The molecule has 4 heteroatoms. The van der Waals surface area contributed by atoms with Gasteiger partial charge in [0, 0.05) is 16.7 Å². The van der Waals surface area contributed by atoms with Crippen LogP contribution in [0.2, 0.25) is 0 Å². The summed E-state index contributed by atoms with van der Waals surface area (Å²) in [6.07, 6.45) is 2.15. The Morgan fingerprint density at radius 1 is 1.11 bits per heavy atom. The van der Waals surface area contributed by atoms with E-state index >= 15 is 0 Å². The van der Waals surface area contributed by atoms with Crippen molar-refractivity contribution in [3.63, 3.8) is 0 Å². The van der Waals surface area contributed by atoms with Crippen LogP contribution in [-0.2, 0) is 0 Å². The lowest BCUT2D eigenvalue weighted by molar-refractivity contribution is 0.643. The summed E-state index contributed by atoms with van der Waals surface area (Å²) in [7, 11) is 0. The molecule has 0 aromatic carbocycles. The van der Waals surface area contributed by atoms with E-state index in [1.807, 2.05) is 0 Å². The second-order valence-electron chi connectivity index (χ2n) is 1.72. The van der Waals surface area contributed by atoms with Crippen LogP contribution in [0.3, 0.4) is 0 Å². The number of halogens is 3. The summed E-state index contributed by atoms with van der Waals surface area (Å²) in [5.74, 6) is 0. The maximum Gasteiger partial charge on any atom is 0.00547 e. The molecule has 0 unspecified atom stereocenters. The highest BCUT2D eigenvalue weighted by molar-refractivity contribution is 9.09. The van der Waals surface area contributed by atoms with Crippen molar-refractivity contribution in [2.75, 3.05) is 10.7 Å². The first kappa shape index (κ1) is 13.0. The zero-order valence-electron chi connectivity index (χ0n) is 5.15.